The molecule has 0 saturated carbocycles. The van der Waals surface area contributed by atoms with E-state index in [0.717, 1.165) is 34.8 Å². The molecule has 1 rings (SSSR count). The third-order valence-corrected chi connectivity index (χ3v) is 3.97. The Morgan fingerprint density at radius 1 is 1.40 bits per heavy atom. The number of aromatic nitrogens is 1. The van der Waals surface area contributed by atoms with E-state index in [4.69, 9.17) is 16.2 Å². The lowest BCUT2D eigenvalue weighted by Crippen LogP contribution is -2.31. The van der Waals surface area contributed by atoms with Crippen LogP contribution in [-0.2, 0) is 4.74 Å². The number of hydrogen-bond donors (Lipinski definition) is 2. The number of anilines is 1. The predicted octanol–water partition coefficient (Wildman–Crippen LogP) is 3.56. The van der Waals surface area contributed by atoms with Gasteiger partial charge in [0.1, 0.15) is 10.7 Å². The Morgan fingerprint density at radius 3 is 2.35 bits per heavy atom. The maximum Gasteiger partial charge on any atom is 0.114 e. The second-order valence-electron chi connectivity index (χ2n) is 6.12. The number of hydrogen-bond acceptors (Lipinski definition) is 5. The molecule has 1 atom stereocenters. The van der Waals surface area contributed by atoms with Crippen molar-refractivity contribution in [3.63, 3.8) is 0 Å². The topological polar surface area (TPSA) is 74.2 Å². The molecule has 0 bridgehead atoms. The van der Waals surface area contributed by atoms with Gasteiger partial charge in [-0.2, -0.15) is 0 Å². The van der Waals surface area contributed by atoms with E-state index in [9.17, 15) is 0 Å². The molecule has 1 aromatic heterocycles. The highest BCUT2D eigenvalue weighted by Gasteiger charge is 2.32. The minimum absolute atomic E-state index is 0.0770. The Hall–Kier alpha value is -1.07. The highest BCUT2D eigenvalue weighted by molar-refractivity contribution is 7.15. The molecular formula is C15H27N3OS. The highest BCUT2D eigenvalue weighted by atomic mass is 32.1. The fourth-order valence-corrected chi connectivity index (χ4v) is 3.10. The molecule has 1 heterocycles. The second kappa shape index (κ2) is 6.59. The maximum absolute atomic E-state index is 6.32. The van der Waals surface area contributed by atoms with E-state index in [1.165, 1.54) is 11.3 Å². The molecule has 1 aromatic rings. The van der Waals surface area contributed by atoms with Crippen molar-refractivity contribution in [3.8, 4) is 0 Å². The summed E-state index contributed by atoms with van der Waals surface area (Å²) < 4.78 is 5.73. The van der Waals surface area contributed by atoms with Gasteiger partial charge >= 0.3 is 0 Å². The van der Waals surface area contributed by atoms with Crippen molar-refractivity contribution in [2.75, 3.05) is 12.8 Å². The number of ether oxygens (including phenoxy) is 1. The molecule has 0 radical (unpaired) electrons. The van der Waals surface area contributed by atoms with E-state index in [2.05, 4.69) is 32.7 Å². The lowest BCUT2D eigenvalue weighted by molar-refractivity contribution is 0.0604. The third-order valence-electron chi connectivity index (χ3n) is 3.17. The van der Waals surface area contributed by atoms with Crippen molar-refractivity contribution in [3.05, 3.63) is 16.4 Å². The monoisotopic (exact) mass is 297 g/mol. The first-order chi connectivity index (χ1) is 9.22. The van der Waals surface area contributed by atoms with Gasteiger partial charge in [0.05, 0.1) is 11.1 Å². The first-order valence-corrected chi connectivity index (χ1v) is 7.78. The van der Waals surface area contributed by atoms with Crippen molar-refractivity contribution >= 4 is 21.9 Å². The first kappa shape index (κ1) is 17.0. The molecule has 114 valence electrons. The average molecular weight is 297 g/mol. The molecule has 0 aliphatic carbocycles. The molecule has 0 aliphatic heterocycles. The maximum atomic E-state index is 6.32. The summed E-state index contributed by atoms with van der Waals surface area (Å²) in [6.07, 6.45) is 1.68. The summed E-state index contributed by atoms with van der Waals surface area (Å²) in [5.41, 5.74) is 14.9. The average Bonchev–Trinajstić information content (AvgIpc) is 2.63. The number of nitrogen functional groups attached to an aromatic ring is 1. The van der Waals surface area contributed by atoms with Gasteiger partial charge in [0, 0.05) is 18.4 Å². The number of allylic oxidation sites excluding steroid dienone is 1. The van der Waals surface area contributed by atoms with E-state index in [1.54, 1.807) is 7.11 Å². The van der Waals surface area contributed by atoms with E-state index < -0.39 is 0 Å². The van der Waals surface area contributed by atoms with Gasteiger partial charge < -0.3 is 16.2 Å². The van der Waals surface area contributed by atoms with Crippen LogP contribution < -0.4 is 11.5 Å². The Kier molecular flexibility index (Phi) is 5.59. The fourth-order valence-electron chi connectivity index (χ4n) is 2.39. The van der Waals surface area contributed by atoms with E-state index in [-0.39, 0.29) is 11.5 Å². The van der Waals surface area contributed by atoms with Crippen molar-refractivity contribution in [2.24, 2.45) is 11.1 Å². The summed E-state index contributed by atoms with van der Waals surface area (Å²) >= 11 is 1.49. The molecule has 0 aliphatic rings. The summed E-state index contributed by atoms with van der Waals surface area (Å²) in [5.74, 6) is 0. The van der Waals surface area contributed by atoms with E-state index in [1.807, 2.05) is 6.92 Å². The van der Waals surface area contributed by atoms with Gasteiger partial charge in [-0.15, -0.1) is 11.3 Å². The zero-order valence-corrected chi connectivity index (χ0v) is 14.2. The number of thiazole rings is 1. The molecular weight excluding hydrogens is 270 g/mol. The van der Waals surface area contributed by atoms with Crippen LogP contribution in [0.4, 0.5) is 5.00 Å². The summed E-state index contributed by atoms with van der Waals surface area (Å²) in [5, 5.41) is 1.66. The van der Waals surface area contributed by atoms with Gasteiger partial charge in [0.2, 0.25) is 0 Å². The Bertz CT molecular complexity index is 486. The van der Waals surface area contributed by atoms with E-state index >= 15 is 0 Å². The largest absolute Gasteiger partial charge is 0.402 e. The van der Waals surface area contributed by atoms with Gasteiger partial charge in [-0.05, 0) is 18.8 Å². The lowest BCUT2D eigenvalue weighted by Gasteiger charge is -2.32. The van der Waals surface area contributed by atoms with Crippen molar-refractivity contribution in [1.29, 1.82) is 0 Å². The normalized spacial score (nSPS) is 15.1. The molecule has 5 heteroatoms. The molecule has 0 amide bonds. The van der Waals surface area contributed by atoms with Crippen LogP contribution in [0, 0.1) is 12.3 Å². The molecule has 0 saturated heterocycles. The van der Waals surface area contributed by atoms with Gasteiger partial charge in [-0.1, -0.05) is 34.1 Å². The summed E-state index contributed by atoms with van der Waals surface area (Å²) in [6, 6.07) is 0. The quantitative estimate of drug-likeness (QED) is 0.871. The number of nitrogens with zero attached hydrogens (tertiary/aromatic N) is 1. The van der Waals surface area contributed by atoms with Gasteiger partial charge in [0.25, 0.3) is 0 Å². The van der Waals surface area contributed by atoms with Crippen LogP contribution in [0.3, 0.4) is 0 Å². The summed E-state index contributed by atoms with van der Waals surface area (Å²) in [4.78, 5) is 4.57. The second-order valence-corrected chi connectivity index (χ2v) is 7.35. The Morgan fingerprint density at radius 2 is 2.00 bits per heavy atom. The molecule has 4 nitrogen and oxygen atoms in total. The van der Waals surface area contributed by atoms with Gasteiger partial charge in [-0.3, -0.25) is 0 Å². The first-order valence-electron chi connectivity index (χ1n) is 6.96. The smallest absolute Gasteiger partial charge is 0.114 e. The summed E-state index contributed by atoms with van der Waals surface area (Å²) in [7, 11) is 1.71. The van der Waals surface area contributed by atoms with Crippen LogP contribution in [0.1, 0.15) is 51.2 Å². The number of methoxy groups -OCH3 is 1. The number of nitrogens with two attached hydrogens (primary N) is 2. The zero-order chi connectivity index (χ0) is 15.5. The van der Waals surface area contributed by atoms with Crippen molar-refractivity contribution in [1.82, 2.24) is 4.98 Å². The zero-order valence-electron chi connectivity index (χ0n) is 13.4. The Labute approximate surface area is 126 Å². The van der Waals surface area contributed by atoms with Crippen LogP contribution in [0.25, 0.3) is 5.57 Å². The fraction of sp³-hybridized carbons (Fsp3) is 0.667. The minimum Gasteiger partial charge on any atom is -0.402 e. The third kappa shape index (κ3) is 3.73. The van der Waals surface area contributed by atoms with Gasteiger partial charge in [0.15, 0.2) is 0 Å². The summed E-state index contributed by atoms with van der Waals surface area (Å²) in [6.45, 7) is 10.5. The minimum atomic E-state index is -0.127. The molecule has 0 fully saturated rings. The van der Waals surface area contributed by atoms with Crippen molar-refractivity contribution < 1.29 is 4.74 Å². The van der Waals surface area contributed by atoms with Crippen LogP contribution in [0.15, 0.2) is 5.70 Å². The standard InChI is InChI=1S/C15H27N3OS/c1-7-8-10(16)11(13(19-6)15(3,4)5)12-14(17)20-9(2)18-12/h13H,7-8,16-17H2,1-6H3/b11-10-. The highest BCUT2D eigenvalue weighted by Crippen LogP contribution is 2.38. The van der Waals surface area contributed by atoms with Crippen molar-refractivity contribution in [2.45, 2.75) is 53.6 Å². The number of aryl methyl sites for hydroxylation is 1. The van der Waals surface area contributed by atoms with Crippen LogP contribution in [0.2, 0.25) is 0 Å². The number of rotatable bonds is 5. The predicted molar refractivity (Wildman–Crippen MR) is 87.5 cm³/mol. The van der Waals surface area contributed by atoms with Crippen LogP contribution in [0.5, 0.6) is 0 Å². The molecule has 0 spiro atoms. The molecule has 0 aromatic carbocycles. The molecule has 20 heavy (non-hydrogen) atoms. The molecule has 4 N–H and O–H groups in total. The van der Waals surface area contributed by atoms with E-state index in [0.29, 0.717) is 5.00 Å². The lowest BCUT2D eigenvalue weighted by atomic mass is 9.82. The molecule has 1 unspecified atom stereocenters. The van der Waals surface area contributed by atoms with Gasteiger partial charge in [-0.25, -0.2) is 4.98 Å². The van der Waals surface area contributed by atoms with Crippen LogP contribution in [-0.4, -0.2) is 18.2 Å². The SMILES string of the molecule is CCC/C(N)=C(\c1nc(C)sc1N)C(OC)C(C)(C)C. The van der Waals surface area contributed by atoms with Crippen LogP contribution >= 0.6 is 11.3 Å². The Balaban J connectivity index is 3.44.